The summed E-state index contributed by atoms with van der Waals surface area (Å²) in [6, 6.07) is 8.68. The van der Waals surface area contributed by atoms with E-state index in [1.807, 2.05) is 18.2 Å². The monoisotopic (exact) mass is 254 g/mol. The van der Waals surface area contributed by atoms with Gasteiger partial charge in [-0.05, 0) is 51.9 Å². The Morgan fingerprint density at radius 3 is 2.53 bits per heavy atom. The molecule has 96 valence electrons. The predicted octanol–water partition coefficient (Wildman–Crippen LogP) is 3.46. The van der Waals surface area contributed by atoms with E-state index in [0.717, 1.165) is 24.4 Å². The Bertz CT molecular complexity index is 339. The van der Waals surface area contributed by atoms with Gasteiger partial charge in [-0.15, -0.1) is 0 Å². The molecule has 0 aliphatic heterocycles. The number of hydrogen-bond acceptors (Lipinski definition) is 2. The minimum absolute atomic E-state index is 0.291. The number of hydrogen-bond donors (Lipinski definition) is 1. The van der Waals surface area contributed by atoms with E-state index in [4.69, 9.17) is 17.3 Å². The molecule has 0 heterocycles. The fourth-order valence-electron chi connectivity index (χ4n) is 1.91. The fraction of sp³-hybridized carbons (Fsp3) is 0.571. The first-order valence-corrected chi connectivity index (χ1v) is 6.60. The third-order valence-corrected chi connectivity index (χ3v) is 3.53. The molecule has 1 rings (SSSR count). The van der Waals surface area contributed by atoms with Crippen molar-refractivity contribution in [2.24, 2.45) is 5.73 Å². The maximum atomic E-state index is 6.20. The molecule has 0 aromatic heterocycles. The van der Waals surface area contributed by atoms with Crippen molar-refractivity contribution in [1.29, 1.82) is 0 Å². The van der Waals surface area contributed by atoms with Crippen LogP contribution >= 0.6 is 11.6 Å². The standard InChI is InChI=1S/C14H23ClN2/c1-11(16)7-6-10-17(3)12(2)13-8-4-5-9-14(13)15/h4-5,8-9,11-12H,6-7,10,16H2,1-3H3. The van der Waals surface area contributed by atoms with Crippen LogP contribution in [0.15, 0.2) is 24.3 Å². The van der Waals surface area contributed by atoms with Crippen LogP contribution in [0.3, 0.4) is 0 Å². The highest BCUT2D eigenvalue weighted by molar-refractivity contribution is 6.31. The summed E-state index contributed by atoms with van der Waals surface area (Å²) < 4.78 is 0. The molecule has 2 unspecified atom stereocenters. The van der Waals surface area contributed by atoms with E-state index < -0.39 is 0 Å². The highest BCUT2D eigenvalue weighted by atomic mass is 35.5. The minimum atomic E-state index is 0.291. The maximum absolute atomic E-state index is 6.20. The molecule has 0 saturated carbocycles. The van der Waals surface area contributed by atoms with Gasteiger partial charge in [0.25, 0.3) is 0 Å². The van der Waals surface area contributed by atoms with Gasteiger partial charge in [-0.25, -0.2) is 0 Å². The van der Waals surface area contributed by atoms with Crippen LogP contribution in [-0.2, 0) is 0 Å². The molecule has 0 radical (unpaired) electrons. The Morgan fingerprint density at radius 1 is 1.29 bits per heavy atom. The smallest absolute Gasteiger partial charge is 0.0453 e. The van der Waals surface area contributed by atoms with Gasteiger partial charge in [0.1, 0.15) is 0 Å². The largest absolute Gasteiger partial charge is 0.328 e. The molecule has 2 N–H and O–H groups in total. The van der Waals surface area contributed by atoms with Crippen molar-refractivity contribution in [1.82, 2.24) is 4.90 Å². The summed E-state index contributed by atoms with van der Waals surface area (Å²) in [5.41, 5.74) is 6.94. The SMILES string of the molecule is CC(N)CCCN(C)C(C)c1ccccc1Cl. The molecule has 0 saturated heterocycles. The van der Waals surface area contributed by atoms with Crippen molar-refractivity contribution in [3.63, 3.8) is 0 Å². The summed E-state index contributed by atoms with van der Waals surface area (Å²) in [5, 5.41) is 0.846. The molecular formula is C14H23ClN2. The van der Waals surface area contributed by atoms with Crippen LogP contribution in [-0.4, -0.2) is 24.5 Å². The van der Waals surface area contributed by atoms with E-state index in [0.29, 0.717) is 12.1 Å². The van der Waals surface area contributed by atoms with Crippen molar-refractivity contribution >= 4 is 11.6 Å². The molecule has 0 fully saturated rings. The number of benzene rings is 1. The Morgan fingerprint density at radius 2 is 1.94 bits per heavy atom. The van der Waals surface area contributed by atoms with Crippen LogP contribution in [0.2, 0.25) is 5.02 Å². The van der Waals surface area contributed by atoms with Gasteiger partial charge in [0.15, 0.2) is 0 Å². The average Bonchev–Trinajstić information content (AvgIpc) is 2.28. The van der Waals surface area contributed by atoms with Gasteiger partial charge >= 0.3 is 0 Å². The second-order valence-electron chi connectivity index (χ2n) is 4.80. The number of rotatable bonds is 6. The molecule has 1 aromatic rings. The zero-order chi connectivity index (χ0) is 12.8. The maximum Gasteiger partial charge on any atom is 0.0453 e. The van der Waals surface area contributed by atoms with E-state index in [-0.39, 0.29) is 0 Å². The van der Waals surface area contributed by atoms with Crippen LogP contribution in [0.5, 0.6) is 0 Å². The molecule has 2 atom stereocenters. The lowest BCUT2D eigenvalue weighted by Crippen LogP contribution is -2.25. The normalized spacial score (nSPS) is 14.9. The lowest BCUT2D eigenvalue weighted by atomic mass is 10.1. The molecule has 3 heteroatoms. The molecule has 2 nitrogen and oxygen atoms in total. The highest BCUT2D eigenvalue weighted by Crippen LogP contribution is 2.26. The molecule has 0 bridgehead atoms. The topological polar surface area (TPSA) is 29.3 Å². The van der Waals surface area contributed by atoms with Gasteiger partial charge in [0.2, 0.25) is 0 Å². The van der Waals surface area contributed by atoms with Crippen molar-refractivity contribution in [3.8, 4) is 0 Å². The van der Waals surface area contributed by atoms with Gasteiger partial charge in [-0.2, -0.15) is 0 Å². The quantitative estimate of drug-likeness (QED) is 0.843. The Balaban J connectivity index is 2.52. The van der Waals surface area contributed by atoms with Crippen LogP contribution in [0.25, 0.3) is 0 Å². The highest BCUT2D eigenvalue weighted by Gasteiger charge is 2.13. The van der Waals surface area contributed by atoms with E-state index in [2.05, 4.69) is 31.9 Å². The zero-order valence-corrected chi connectivity index (χ0v) is 11.7. The predicted molar refractivity (Wildman–Crippen MR) is 75.4 cm³/mol. The zero-order valence-electron chi connectivity index (χ0n) is 11.0. The average molecular weight is 255 g/mol. The first kappa shape index (κ1) is 14.5. The summed E-state index contributed by atoms with van der Waals surface area (Å²) >= 11 is 6.20. The van der Waals surface area contributed by atoms with Crippen molar-refractivity contribution < 1.29 is 0 Å². The van der Waals surface area contributed by atoms with Gasteiger partial charge in [-0.3, -0.25) is 4.90 Å². The Hall–Kier alpha value is -0.570. The molecule has 0 aliphatic carbocycles. The van der Waals surface area contributed by atoms with Crippen LogP contribution in [0.1, 0.15) is 38.3 Å². The Kier molecular flexibility index (Phi) is 5.96. The van der Waals surface area contributed by atoms with Crippen LogP contribution < -0.4 is 5.73 Å². The van der Waals surface area contributed by atoms with E-state index >= 15 is 0 Å². The lowest BCUT2D eigenvalue weighted by molar-refractivity contribution is 0.254. The summed E-state index contributed by atoms with van der Waals surface area (Å²) in [7, 11) is 2.13. The van der Waals surface area contributed by atoms with E-state index in [9.17, 15) is 0 Å². The molecule has 0 aliphatic rings. The van der Waals surface area contributed by atoms with Gasteiger partial charge in [0, 0.05) is 17.1 Å². The molecule has 0 amide bonds. The van der Waals surface area contributed by atoms with E-state index in [1.54, 1.807) is 0 Å². The molecule has 0 spiro atoms. The second kappa shape index (κ2) is 7.00. The molecule has 17 heavy (non-hydrogen) atoms. The van der Waals surface area contributed by atoms with E-state index in [1.165, 1.54) is 5.56 Å². The lowest BCUT2D eigenvalue weighted by Gasteiger charge is -2.26. The summed E-state index contributed by atoms with van der Waals surface area (Å²) in [6.07, 6.45) is 2.20. The fourth-order valence-corrected chi connectivity index (χ4v) is 2.20. The molecular weight excluding hydrogens is 232 g/mol. The first-order valence-electron chi connectivity index (χ1n) is 6.22. The summed E-state index contributed by atoms with van der Waals surface area (Å²) in [4.78, 5) is 2.32. The Labute approximate surface area is 110 Å². The van der Waals surface area contributed by atoms with Gasteiger partial charge < -0.3 is 5.73 Å². The third kappa shape index (κ3) is 4.66. The number of nitrogens with zero attached hydrogens (tertiary/aromatic N) is 1. The van der Waals surface area contributed by atoms with Crippen molar-refractivity contribution in [2.45, 2.75) is 38.8 Å². The first-order chi connectivity index (χ1) is 8.02. The van der Waals surface area contributed by atoms with Crippen LogP contribution in [0.4, 0.5) is 0 Å². The summed E-state index contributed by atoms with van der Waals surface area (Å²) in [5.74, 6) is 0. The van der Waals surface area contributed by atoms with Gasteiger partial charge in [0.05, 0.1) is 0 Å². The minimum Gasteiger partial charge on any atom is -0.328 e. The van der Waals surface area contributed by atoms with Crippen LogP contribution in [0, 0.1) is 0 Å². The summed E-state index contributed by atoms with van der Waals surface area (Å²) in [6.45, 7) is 5.29. The second-order valence-corrected chi connectivity index (χ2v) is 5.20. The van der Waals surface area contributed by atoms with Crippen molar-refractivity contribution in [3.05, 3.63) is 34.9 Å². The van der Waals surface area contributed by atoms with Crippen molar-refractivity contribution in [2.75, 3.05) is 13.6 Å². The van der Waals surface area contributed by atoms with Gasteiger partial charge in [-0.1, -0.05) is 29.8 Å². The number of nitrogens with two attached hydrogens (primary N) is 1. The third-order valence-electron chi connectivity index (χ3n) is 3.19. The molecule has 1 aromatic carbocycles. The number of halogens is 1.